The van der Waals surface area contributed by atoms with E-state index in [1.165, 1.54) is 35.2 Å². The van der Waals surface area contributed by atoms with Gasteiger partial charge in [-0.2, -0.15) is 0 Å². The van der Waals surface area contributed by atoms with Gasteiger partial charge in [0.25, 0.3) is 10.0 Å². The van der Waals surface area contributed by atoms with Crippen LogP contribution in [-0.4, -0.2) is 43.8 Å². The molecular weight excluding hydrogens is 616 g/mol. The number of carbonyl (C=O) groups is 2. The third-order valence-corrected chi connectivity index (χ3v) is 9.21. The monoisotopic (exact) mass is 643 g/mol. The summed E-state index contributed by atoms with van der Waals surface area (Å²) in [6.07, 6.45) is 0.692. The molecule has 0 aliphatic heterocycles. The topological polar surface area (TPSA) is 86.8 Å². The van der Waals surface area contributed by atoms with E-state index in [0.717, 1.165) is 4.31 Å². The zero-order chi connectivity index (χ0) is 29.6. The molecule has 12 heteroatoms. The summed E-state index contributed by atoms with van der Waals surface area (Å²) in [5, 5.41) is 3.88. The van der Waals surface area contributed by atoms with Gasteiger partial charge in [0.15, 0.2) is 0 Å². The summed E-state index contributed by atoms with van der Waals surface area (Å²) in [7, 11) is -4.24. The van der Waals surface area contributed by atoms with E-state index in [-0.39, 0.29) is 44.1 Å². The Morgan fingerprint density at radius 2 is 1.50 bits per heavy atom. The third-order valence-electron chi connectivity index (χ3n) is 6.25. The number of sulfonamides is 1. The Bertz CT molecular complexity index is 1450. The summed E-state index contributed by atoms with van der Waals surface area (Å²) in [5.41, 5.74) is 0.704. The number of hydrogen-bond donors (Lipinski definition) is 1. The summed E-state index contributed by atoms with van der Waals surface area (Å²) in [6, 6.07) is 15.8. The van der Waals surface area contributed by atoms with Crippen LogP contribution in [0.1, 0.15) is 32.8 Å². The van der Waals surface area contributed by atoms with Crippen LogP contribution < -0.4 is 9.62 Å². The van der Waals surface area contributed by atoms with Gasteiger partial charge in [0.2, 0.25) is 11.8 Å². The molecule has 0 saturated carbocycles. The molecule has 214 valence electrons. The fourth-order valence-corrected chi connectivity index (χ4v) is 6.07. The standard InChI is InChI=1S/C28H29Cl4N3O4S/c1-4-18(2)33-28(37)19(3)34(16-20-10-11-25(31)26(32)12-20)27(36)17-35(23-14-21(29)13-22(30)15-23)40(38,39)24-8-6-5-7-9-24/h5-15,18-19H,4,16-17H2,1-3H3,(H,33,37)/t18-,19+/m0/s1. The molecule has 0 aliphatic rings. The van der Waals surface area contributed by atoms with Crippen LogP contribution in [0, 0.1) is 0 Å². The van der Waals surface area contributed by atoms with Gasteiger partial charge in [-0.3, -0.25) is 13.9 Å². The predicted molar refractivity (Wildman–Crippen MR) is 162 cm³/mol. The molecule has 2 atom stereocenters. The Hall–Kier alpha value is -2.49. The van der Waals surface area contributed by atoms with Crippen LogP contribution in [0.5, 0.6) is 0 Å². The molecule has 0 radical (unpaired) electrons. The Morgan fingerprint density at radius 3 is 2.08 bits per heavy atom. The number of nitrogens with zero attached hydrogens (tertiary/aromatic N) is 2. The summed E-state index contributed by atoms with van der Waals surface area (Å²) in [6.45, 7) is 4.71. The van der Waals surface area contributed by atoms with Gasteiger partial charge in [0, 0.05) is 22.6 Å². The van der Waals surface area contributed by atoms with Gasteiger partial charge in [-0.25, -0.2) is 8.42 Å². The lowest BCUT2D eigenvalue weighted by Gasteiger charge is -2.32. The number of anilines is 1. The van der Waals surface area contributed by atoms with Crippen LogP contribution in [0.2, 0.25) is 20.1 Å². The molecule has 0 bridgehead atoms. The molecule has 3 aromatic rings. The molecule has 1 N–H and O–H groups in total. The molecule has 7 nitrogen and oxygen atoms in total. The van der Waals surface area contributed by atoms with Crippen molar-refractivity contribution in [2.24, 2.45) is 0 Å². The molecule has 0 spiro atoms. The Kier molecular flexibility index (Phi) is 11.1. The van der Waals surface area contributed by atoms with Crippen molar-refractivity contribution in [1.29, 1.82) is 0 Å². The molecule has 40 heavy (non-hydrogen) atoms. The van der Waals surface area contributed by atoms with E-state index >= 15 is 0 Å². The minimum absolute atomic E-state index is 0.0274. The maximum atomic E-state index is 13.9. The van der Waals surface area contributed by atoms with Gasteiger partial charge in [0.05, 0.1) is 20.6 Å². The Morgan fingerprint density at radius 1 is 0.875 bits per heavy atom. The summed E-state index contributed by atoms with van der Waals surface area (Å²) >= 11 is 24.7. The molecule has 0 unspecified atom stereocenters. The summed E-state index contributed by atoms with van der Waals surface area (Å²) < 4.78 is 28.5. The Labute approximate surface area is 255 Å². The first-order chi connectivity index (χ1) is 18.8. The summed E-state index contributed by atoms with van der Waals surface area (Å²) in [5.74, 6) is -1.01. The largest absolute Gasteiger partial charge is 0.352 e. The first-order valence-corrected chi connectivity index (χ1v) is 15.4. The van der Waals surface area contributed by atoms with Crippen LogP contribution in [0.15, 0.2) is 71.6 Å². The number of benzene rings is 3. The van der Waals surface area contributed by atoms with E-state index in [1.54, 1.807) is 43.3 Å². The number of halogens is 4. The van der Waals surface area contributed by atoms with E-state index < -0.39 is 28.5 Å². The average Bonchev–Trinajstić information content (AvgIpc) is 2.91. The zero-order valence-corrected chi connectivity index (χ0v) is 25.9. The van der Waals surface area contributed by atoms with Crippen molar-refractivity contribution in [3.05, 3.63) is 92.4 Å². The Balaban J connectivity index is 2.06. The van der Waals surface area contributed by atoms with E-state index in [4.69, 9.17) is 46.4 Å². The fourth-order valence-electron chi connectivity index (χ4n) is 3.81. The van der Waals surface area contributed by atoms with E-state index in [9.17, 15) is 18.0 Å². The van der Waals surface area contributed by atoms with E-state index in [1.807, 2.05) is 13.8 Å². The molecule has 0 aromatic heterocycles. The van der Waals surface area contributed by atoms with Crippen molar-refractivity contribution in [1.82, 2.24) is 10.2 Å². The zero-order valence-electron chi connectivity index (χ0n) is 22.1. The van der Waals surface area contributed by atoms with Gasteiger partial charge < -0.3 is 10.2 Å². The molecular formula is C28H29Cl4N3O4S. The van der Waals surface area contributed by atoms with Gasteiger partial charge in [-0.1, -0.05) is 77.6 Å². The molecule has 0 aliphatic carbocycles. The second kappa shape index (κ2) is 13.9. The minimum Gasteiger partial charge on any atom is -0.352 e. The van der Waals surface area contributed by atoms with Gasteiger partial charge in [-0.05, 0) is 68.3 Å². The fraction of sp³-hybridized carbons (Fsp3) is 0.286. The normalized spacial score (nSPS) is 12.9. The van der Waals surface area contributed by atoms with Gasteiger partial charge in [0.1, 0.15) is 12.6 Å². The second-order valence-electron chi connectivity index (χ2n) is 9.22. The molecule has 0 saturated heterocycles. The average molecular weight is 645 g/mol. The van der Waals surface area contributed by atoms with Crippen LogP contribution in [0.4, 0.5) is 5.69 Å². The predicted octanol–water partition coefficient (Wildman–Crippen LogP) is 6.83. The first kappa shape index (κ1) is 32.0. The van der Waals surface area contributed by atoms with Crippen molar-refractivity contribution in [3.8, 4) is 0 Å². The van der Waals surface area contributed by atoms with Crippen molar-refractivity contribution in [3.63, 3.8) is 0 Å². The molecule has 0 heterocycles. The molecule has 3 rings (SSSR count). The highest BCUT2D eigenvalue weighted by Gasteiger charge is 2.33. The smallest absolute Gasteiger partial charge is 0.264 e. The number of amides is 2. The highest BCUT2D eigenvalue weighted by molar-refractivity contribution is 7.92. The molecule has 0 fully saturated rings. The van der Waals surface area contributed by atoms with Crippen molar-refractivity contribution < 1.29 is 18.0 Å². The number of nitrogens with one attached hydrogen (secondary N) is 1. The van der Waals surface area contributed by atoms with E-state index in [2.05, 4.69) is 5.32 Å². The van der Waals surface area contributed by atoms with Crippen molar-refractivity contribution in [2.45, 2.75) is 50.7 Å². The lowest BCUT2D eigenvalue weighted by Crippen LogP contribution is -2.52. The van der Waals surface area contributed by atoms with Crippen molar-refractivity contribution >= 4 is 73.9 Å². The number of carbonyl (C=O) groups excluding carboxylic acids is 2. The maximum Gasteiger partial charge on any atom is 0.264 e. The number of hydrogen-bond acceptors (Lipinski definition) is 4. The second-order valence-corrected chi connectivity index (χ2v) is 12.8. The quantitative estimate of drug-likeness (QED) is 0.248. The van der Waals surface area contributed by atoms with Crippen LogP contribution >= 0.6 is 46.4 Å². The highest BCUT2D eigenvalue weighted by atomic mass is 35.5. The van der Waals surface area contributed by atoms with Gasteiger partial charge in [-0.15, -0.1) is 0 Å². The lowest BCUT2D eigenvalue weighted by atomic mass is 10.1. The third kappa shape index (κ3) is 8.04. The number of rotatable bonds is 11. The van der Waals surface area contributed by atoms with Crippen LogP contribution in [-0.2, 0) is 26.2 Å². The summed E-state index contributed by atoms with van der Waals surface area (Å²) in [4.78, 5) is 28.3. The van der Waals surface area contributed by atoms with Crippen LogP contribution in [0.25, 0.3) is 0 Å². The van der Waals surface area contributed by atoms with Crippen molar-refractivity contribution in [2.75, 3.05) is 10.8 Å². The van der Waals surface area contributed by atoms with Crippen LogP contribution in [0.3, 0.4) is 0 Å². The van der Waals surface area contributed by atoms with Gasteiger partial charge >= 0.3 is 0 Å². The molecule has 3 aromatic carbocycles. The van der Waals surface area contributed by atoms with E-state index in [0.29, 0.717) is 17.0 Å². The highest BCUT2D eigenvalue weighted by Crippen LogP contribution is 2.30. The SMILES string of the molecule is CC[C@H](C)NC(=O)[C@@H](C)N(Cc1ccc(Cl)c(Cl)c1)C(=O)CN(c1cc(Cl)cc(Cl)c1)S(=O)(=O)c1ccccc1. The molecule has 2 amide bonds. The minimum atomic E-state index is -4.24. The lowest BCUT2D eigenvalue weighted by molar-refractivity contribution is -0.139. The first-order valence-electron chi connectivity index (χ1n) is 12.4. The maximum absolute atomic E-state index is 13.9.